The third kappa shape index (κ3) is 3.48. The molecule has 0 radical (unpaired) electrons. The Labute approximate surface area is 123 Å². The molecule has 104 valence electrons. The molecule has 1 aromatic heterocycles. The molecule has 3 rings (SSSR count). The molecule has 4 heteroatoms. The number of nitrogens with one attached hydrogen (secondary N) is 1. The third-order valence-electron chi connectivity index (χ3n) is 3.89. The van der Waals surface area contributed by atoms with E-state index in [1.165, 1.54) is 43.6 Å². The van der Waals surface area contributed by atoms with Crippen molar-refractivity contribution in [3.05, 3.63) is 22.3 Å². The van der Waals surface area contributed by atoms with Gasteiger partial charge in [-0.15, -0.1) is 0 Å². The zero-order valence-corrected chi connectivity index (χ0v) is 13.1. The smallest absolute Gasteiger partial charge is 0.133 e. The van der Waals surface area contributed by atoms with Gasteiger partial charge in [0.25, 0.3) is 0 Å². The first-order valence-electron chi connectivity index (χ1n) is 7.39. The van der Waals surface area contributed by atoms with E-state index >= 15 is 0 Å². The second-order valence-electron chi connectivity index (χ2n) is 5.74. The Bertz CT molecular complexity index is 441. The van der Waals surface area contributed by atoms with E-state index in [4.69, 9.17) is 4.98 Å². The van der Waals surface area contributed by atoms with E-state index in [-0.39, 0.29) is 0 Å². The molecule has 19 heavy (non-hydrogen) atoms. The van der Waals surface area contributed by atoms with Gasteiger partial charge in [-0.3, -0.25) is 0 Å². The maximum Gasteiger partial charge on any atom is 0.133 e. The van der Waals surface area contributed by atoms with E-state index in [1.54, 1.807) is 0 Å². The molecule has 0 atom stereocenters. The van der Waals surface area contributed by atoms with Crippen LogP contribution in [-0.2, 0) is 6.54 Å². The lowest BCUT2D eigenvalue weighted by Crippen LogP contribution is -2.30. The van der Waals surface area contributed by atoms with Crippen LogP contribution in [0.2, 0.25) is 0 Å². The van der Waals surface area contributed by atoms with Crippen LogP contribution in [0.15, 0.2) is 16.7 Å². The number of hydrogen-bond donors (Lipinski definition) is 1. The maximum absolute atomic E-state index is 4.71. The van der Waals surface area contributed by atoms with Gasteiger partial charge in [0.05, 0.1) is 0 Å². The molecule has 1 aromatic rings. The molecule has 2 aliphatic rings. The van der Waals surface area contributed by atoms with Crippen LogP contribution in [0.4, 0.5) is 5.82 Å². The summed E-state index contributed by atoms with van der Waals surface area (Å²) in [7, 11) is 0. The Kier molecular flexibility index (Phi) is 4.08. The molecule has 0 aliphatic heterocycles. The number of hydrogen-bond acceptors (Lipinski definition) is 3. The number of nitrogens with zero attached hydrogens (tertiary/aromatic N) is 2. The van der Waals surface area contributed by atoms with E-state index in [0.29, 0.717) is 0 Å². The second-order valence-corrected chi connectivity index (χ2v) is 6.66. The molecule has 0 bridgehead atoms. The summed E-state index contributed by atoms with van der Waals surface area (Å²) in [5.74, 6) is 2.12. The Hall–Kier alpha value is -0.610. The quantitative estimate of drug-likeness (QED) is 0.834. The van der Waals surface area contributed by atoms with Crippen LogP contribution in [0.25, 0.3) is 0 Å². The van der Waals surface area contributed by atoms with Crippen molar-refractivity contribution in [3.63, 3.8) is 0 Å². The Morgan fingerprint density at radius 2 is 2.16 bits per heavy atom. The molecular weight excluding hydrogens is 302 g/mol. The zero-order valence-electron chi connectivity index (χ0n) is 11.5. The van der Waals surface area contributed by atoms with Crippen LogP contribution in [0.5, 0.6) is 0 Å². The van der Waals surface area contributed by atoms with Gasteiger partial charge < -0.3 is 10.2 Å². The minimum atomic E-state index is 0.745. The molecule has 2 saturated carbocycles. The summed E-state index contributed by atoms with van der Waals surface area (Å²) in [5.41, 5.74) is 1.32. The van der Waals surface area contributed by atoms with E-state index < -0.39 is 0 Å². The minimum absolute atomic E-state index is 0.745. The summed E-state index contributed by atoms with van der Waals surface area (Å²) in [5, 5.41) is 3.43. The van der Waals surface area contributed by atoms with Crippen LogP contribution in [0, 0.1) is 5.92 Å². The van der Waals surface area contributed by atoms with Crippen molar-refractivity contribution >= 4 is 21.7 Å². The number of rotatable bonds is 7. The fourth-order valence-corrected chi connectivity index (χ4v) is 2.87. The standard InChI is InChI=1S/C15H22BrN3/c1-2-17-8-12-7-13(16)9-18-15(12)19(14-5-6-14)10-11-3-4-11/h7,9,11,14,17H,2-6,8,10H2,1H3. The molecule has 0 aromatic carbocycles. The SMILES string of the molecule is CCNCc1cc(Br)cnc1N(CC1CC1)C1CC1. The minimum Gasteiger partial charge on any atom is -0.353 e. The van der Waals surface area contributed by atoms with E-state index in [0.717, 1.165) is 29.5 Å². The first-order valence-corrected chi connectivity index (χ1v) is 8.19. The van der Waals surface area contributed by atoms with Gasteiger partial charge in [0.1, 0.15) is 5.82 Å². The fraction of sp³-hybridized carbons (Fsp3) is 0.667. The lowest BCUT2D eigenvalue weighted by Gasteiger charge is -2.26. The number of aromatic nitrogens is 1. The van der Waals surface area contributed by atoms with Crippen molar-refractivity contribution in [2.75, 3.05) is 18.0 Å². The molecule has 0 unspecified atom stereocenters. The number of pyridine rings is 1. The molecule has 2 aliphatic carbocycles. The number of halogens is 1. The highest BCUT2D eigenvalue weighted by Crippen LogP contribution is 2.38. The van der Waals surface area contributed by atoms with Crippen molar-refractivity contribution in [1.82, 2.24) is 10.3 Å². The summed E-state index contributed by atoms with van der Waals surface area (Å²) in [6, 6.07) is 2.96. The van der Waals surface area contributed by atoms with Crippen LogP contribution < -0.4 is 10.2 Å². The predicted octanol–water partition coefficient (Wildman–Crippen LogP) is 3.33. The lowest BCUT2D eigenvalue weighted by atomic mass is 10.2. The third-order valence-corrected chi connectivity index (χ3v) is 4.32. The first kappa shape index (κ1) is 13.4. The highest BCUT2D eigenvalue weighted by Gasteiger charge is 2.35. The van der Waals surface area contributed by atoms with Gasteiger partial charge in [0.15, 0.2) is 0 Å². The molecule has 0 spiro atoms. The second kappa shape index (κ2) is 5.80. The summed E-state index contributed by atoms with van der Waals surface area (Å²) < 4.78 is 1.08. The van der Waals surface area contributed by atoms with Crippen LogP contribution in [0.3, 0.4) is 0 Å². The van der Waals surface area contributed by atoms with E-state index in [1.807, 2.05) is 6.20 Å². The van der Waals surface area contributed by atoms with E-state index in [9.17, 15) is 0 Å². The molecule has 3 nitrogen and oxygen atoms in total. The highest BCUT2D eigenvalue weighted by atomic mass is 79.9. The topological polar surface area (TPSA) is 28.2 Å². The molecule has 1 N–H and O–H groups in total. The van der Waals surface area contributed by atoms with Gasteiger partial charge in [-0.05, 0) is 60.1 Å². The summed E-state index contributed by atoms with van der Waals surface area (Å²) in [6.45, 7) is 5.26. The lowest BCUT2D eigenvalue weighted by molar-refractivity contribution is 0.684. The van der Waals surface area contributed by atoms with Crippen LogP contribution >= 0.6 is 15.9 Å². The van der Waals surface area contributed by atoms with Gasteiger partial charge in [-0.2, -0.15) is 0 Å². The van der Waals surface area contributed by atoms with Crippen molar-refractivity contribution in [2.45, 2.75) is 45.2 Å². The van der Waals surface area contributed by atoms with Crippen molar-refractivity contribution in [1.29, 1.82) is 0 Å². The Morgan fingerprint density at radius 3 is 2.79 bits per heavy atom. The molecule has 2 fully saturated rings. The predicted molar refractivity (Wildman–Crippen MR) is 82.4 cm³/mol. The average molecular weight is 324 g/mol. The summed E-state index contributed by atoms with van der Waals surface area (Å²) in [6.07, 6.45) is 7.42. The normalized spacial score (nSPS) is 18.6. The highest BCUT2D eigenvalue weighted by molar-refractivity contribution is 9.10. The molecular formula is C15H22BrN3. The van der Waals surface area contributed by atoms with Gasteiger partial charge >= 0.3 is 0 Å². The van der Waals surface area contributed by atoms with Gasteiger partial charge in [0.2, 0.25) is 0 Å². The van der Waals surface area contributed by atoms with Gasteiger partial charge in [-0.1, -0.05) is 6.92 Å². The zero-order chi connectivity index (χ0) is 13.2. The summed E-state index contributed by atoms with van der Waals surface area (Å²) in [4.78, 5) is 7.28. The first-order chi connectivity index (χ1) is 9.28. The molecule has 0 saturated heterocycles. The van der Waals surface area contributed by atoms with Gasteiger partial charge in [0, 0.05) is 35.4 Å². The van der Waals surface area contributed by atoms with Crippen LogP contribution in [0.1, 0.15) is 38.2 Å². The Morgan fingerprint density at radius 1 is 1.37 bits per heavy atom. The van der Waals surface area contributed by atoms with Crippen LogP contribution in [-0.4, -0.2) is 24.1 Å². The maximum atomic E-state index is 4.71. The monoisotopic (exact) mass is 323 g/mol. The molecule has 0 amide bonds. The summed E-state index contributed by atoms with van der Waals surface area (Å²) >= 11 is 3.54. The largest absolute Gasteiger partial charge is 0.353 e. The number of anilines is 1. The van der Waals surface area contributed by atoms with Crippen molar-refractivity contribution in [3.8, 4) is 0 Å². The average Bonchev–Trinajstić information content (AvgIpc) is 3.27. The van der Waals surface area contributed by atoms with Gasteiger partial charge in [-0.25, -0.2) is 4.98 Å². The van der Waals surface area contributed by atoms with Crippen molar-refractivity contribution < 1.29 is 0 Å². The Balaban J connectivity index is 1.82. The fourth-order valence-electron chi connectivity index (χ4n) is 2.50. The molecule has 1 heterocycles. The van der Waals surface area contributed by atoms with E-state index in [2.05, 4.69) is 39.1 Å². The van der Waals surface area contributed by atoms with Crippen molar-refractivity contribution in [2.24, 2.45) is 5.92 Å².